The van der Waals surface area contributed by atoms with Gasteiger partial charge in [0.1, 0.15) is 5.82 Å². The zero-order valence-electron chi connectivity index (χ0n) is 16.7. The molecule has 4 rings (SSSR count). The first-order valence-corrected chi connectivity index (χ1v) is 10.2. The van der Waals surface area contributed by atoms with E-state index in [1.165, 1.54) is 12.1 Å². The molecule has 5 nitrogen and oxygen atoms in total. The maximum Gasteiger partial charge on any atom is 0.255 e. The van der Waals surface area contributed by atoms with Gasteiger partial charge in [-0.25, -0.2) is 4.39 Å². The van der Waals surface area contributed by atoms with Gasteiger partial charge in [0.05, 0.1) is 12.5 Å². The lowest BCUT2D eigenvalue weighted by Crippen LogP contribution is -2.49. The minimum absolute atomic E-state index is 0.0406. The van der Waals surface area contributed by atoms with Crippen molar-refractivity contribution in [3.63, 3.8) is 0 Å². The molecule has 0 aliphatic carbocycles. The number of carbonyl (C=O) groups excluding carboxylic acids is 2. The molecule has 29 heavy (non-hydrogen) atoms. The van der Waals surface area contributed by atoms with Crippen LogP contribution >= 0.6 is 0 Å². The van der Waals surface area contributed by atoms with Crippen molar-refractivity contribution in [3.05, 3.63) is 71.0 Å². The highest BCUT2D eigenvalue weighted by Gasteiger charge is 2.35. The smallest absolute Gasteiger partial charge is 0.255 e. The van der Waals surface area contributed by atoms with Gasteiger partial charge >= 0.3 is 0 Å². The van der Waals surface area contributed by atoms with Gasteiger partial charge < -0.3 is 14.7 Å². The van der Waals surface area contributed by atoms with Gasteiger partial charge in [-0.15, -0.1) is 0 Å². The van der Waals surface area contributed by atoms with Crippen molar-refractivity contribution in [1.82, 2.24) is 14.7 Å². The molecule has 6 heteroatoms. The fraction of sp³-hybridized carbons (Fsp3) is 0.391. The molecule has 0 aromatic heterocycles. The van der Waals surface area contributed by atoms with Crippen LogP contribution in [0.15, 0.2) is 48.5 Å². The van der Waals surface area contributed by atoms with E-state index in [1.54, 1.807) is 17.0 Å². The quantitative estimate of drug-likeness (QED) is 0.782. The lowest BCUT2D eigenvalue weighted by atomic mass is 10.0. The molecule has 2 aliphatic rings. The Balaban J connectivity index is 1.56. The number of hydrogen-bond acceptors (Lipinski definition) is 3. The second kappa shape index (κ2) is 8.33. The fourth-order valence-corrected chi connectivity index (χ4v) is 4.23. The summed E-state index contributed by atoms with van der Waals surface area (Å²) < 4.78 is 13.5. The zero-order chi connectivity index (χ0) is 20.4. The maximum absolute atomic E-state index is 13.5. The highest BCUT2D eigenvalue weighted by atomic mass is 19.1. The summed E-state index contributed by atoms with van der Waals surface area (Å²) in [5, 5.41) is 0. The SMILES string of the molecule is CCN1CCN(C(=O)C[C@@H](c2ccc(F)cc2)N2Cc3ccccc3C2=O)CC1. The summed E-state index contributed by atoms with van der Waals surface area (Å²) in [5.41, 5.74) is 2.44. The first-order chi connectivity index (χ1) is 14.1. The molecule has 2 heterocycles. The number of amides is 2. The van der Waals surface area contributed by atoms with E-state index >= 15 is 0 Å². The van der Waals surface area contributed by atoms with E-state index < -0.39 is 6.04 Å². The van der Waals surface area contributed by atoms with Gasteiger partial charge in [-0.3, -0.25) is 9.59 Å². The number of hydrogen-bond donors (Lipinski definition) is 0. The van der Waals surface area contributed by atoms with Crippen molar-refractivity contribution < 1.29 is 14.0 Å². The Hall–Kier alpha value is -2.73. The van der Waals surface area contributed by atoms with Crippen LogP contribution in [-0.2, 0) is 11.3 Å². The Bertz CT molecular complexity index is 891. The van der Waals surface area contributed by atoms with E-state index in [0.717, 1.165) is 30.8 Å². The summed E-state index contributed by atoms with van der Waals surface area (Å²) in [7, 11) is 0. The van der Waals surface area contributed by atoms with E-state index in [1.807, 2.05) is 29.2 Å². The third-order valence-corrected chi connectivity index (χ3v) is 6.02. The Kier molecular flexibility index (Phi) is 5.62. The molecule has 0 bridgehead atoms. The van der Waals surface area contributed by atoms with Gasteiger partial charge in [0.15, 0.2) is 0 Å². The van der Waals surface area contributed by atoms with Gasteiger partial charge in [0, 0.05) is 38.3 Å². The standard InChI is InChI=1S/C23H26FN3O2/c1-2-25-11-13-26(14-12-25)22(28)15-21(17-7-9-19(24)10-8-17)27-16-18-5-3-4-6-20(18)23(27)29/h3-10,21H,2,11-16H2,1H3/t21-/m0/s1. The number of benzene rings is 2. The molecule has 2 aromatic rings. The highest BCUT2D eigenvalue weighted by molar-refractivity contribution is 5.98. The summed E-state index contributed by atoms with van der Waals surface area (Å²) in [4.78, 5) is 32.1. The minimum Gasteiger partial charge on any atom is -0.340 e. The van der Waals surface area contributed by atoms with Crippen LogP contribution in [0.2, 0.25) is 0 Å². The van der Waals surface area contributed by atoms with Gasteiger partial charge in [0.25, 0.3) is 5.91 Å². The van der Waals surface area contributed by atoms with E-state index in [0.29, 0.717) is 25.2 Å². The molecule has 0 unspecified atom stereocenters. The third kappa shape index (κ3) is 4.03. The number of halogens is 1. The fourth-order valence-electron chi connectivity index (χ4n) is 4.23. The summed E-state index contributed by atoms with van der Waals surface area (Å²) in [6.07, 6.45) is 0.206. The van der Waals surface area contributed by atoms with Crippen molar-refractivity contribution in [2.24, 2.45) is 0 Å². The number of likely N-dealkylation sites (N-methyl/N-ethyl adjacent to an activating group) is 1. The minimum atomic E-state index is -0.410. The first kappa shape index (κ1) is 19.6. The highest BCUT2D eigenvalue weighted by Crippen LogP contribution is 2.34. The first-order valence-electron chi connectivity index (χ1n) is 10.2. The van der Waals surface area contributed by atoms with Crippen LogP contribution in [0.4, 0.5) is 4.39 Å². The molecule has 0 saturated carbocycles. The van der Waals surface area contributed by atoms with Crippen LogP contribution in [0.5, 0.6) is 0 Å². The maximum atomic E-state index is 13.5. The molecule has 1 atom stereocenters. The number of nitrogens with zero attached hydrogens (tertiary/aromatic N) is 3. The zero-order valence-corrected chi connectivity index (χ0v) is 16.7. The Morgan fingerprint density at radius 1 is 1.03 bits per heavy atom. The predicted molar refractivity (Wildman–Crippen MR) is 109 cm³/mol. The van der Waals surface area contributed by atoms with E-state index in [9.17, 15) is 14.0 Å². The number of piperazine rings is 1. The summed E-state index contributed by atoms with van der Waals surface area (Å²) >= 11 is 0. The predicted octanol–water partition coefficient (Wildman–Crippen LogP) is 3.08. The summed E-state index contributed by atoms with van der Waals surface area (Å²) in [5.74, 6) is -0.358. The topological polar surface area (TPSA) is 43.9 Å². The van der Waals surface area contributed by atoms with Crippen LogP contribution in [0, 0.1) is 5.82 Å². The van der Waals surface area contributed by atoms with Gasteiger partial charge in [0.2, 0.25) is 5.91 Å². The van der Waals surface area contributed by atoms with Crippen LogP contribution in [0.25, 0.3) is 0 Å². The van der Waals surface area contributed by atoms with Gasteiger partial charge in [-0.2, -0.15) is 0 Å². The van der Waals surface area contributed by atoms with E-state index in [4.69, 9.17) is 0 Å². The normalized spacial score (nSPS) is 18.1. The molecule has 2 aromatic carbocycles. The van der Waals surface area contributed by atoms with Crippen molar-refractivity contribution in [2.75, 3.05) is 32.7 Å². The summed E-state index contributed by atoms with van der Waals surface area (Å²) in [6, 6.07) is 13.3. The molecule has 1 fully saturated rings. The van der Waals surface area contributed by atoms with Crippen LogP contribution in [0.3, 0.4) is 0 Å². The largest absolute Gasteiger partial charge is 0.340 e. The molecule has 0 N–H and O–H groups in total. The van der Waals surface area contributed by atoms with Crippen LogP contribution in [0.1, 0.15) is 40.9 Å². The van der Waals surface area contributed by atoms with Crippen LogP contribution in [-0.4, -0.2) is 59.2 Å². The summed E-state index contributed by atoms with van der Waals surface area (Å²) in [6.45, 7) is 6.73. The molecular weight excluding hydrogens is 369 g/mol. The average molecular weight is 395 g/mol. The average Bonchev–Trinajstić information content (AvgIpc) is 3.09. The second-order valence-electron chi connectivity index (χ2n) is 7.68. The lowest BCUT2D eigenvalue weighted by Gasteiger charge is -2.36. The van der Waals surface area contributed by atoms with Crippen molar-refractivity contribution in [3.8, 4) is 0 Å². The van der Waals surface area contributed by atoms with Gasteiger partial charge in [-0.1, -0.05) is 37.3 Å². The Labute approximate surface area is 170 Å². The van der Waals surface area contributed by atoms with E-state index in [2.05, 4.69) is 11.8 Å². The molecule has 0 radical (unpaired) electrons. The third-order valence-electron chi connectivity index (χ3n) is 6.02. The monoisotopic (exact) mass is 395 g/mol. The van der Waals surface area contributed by atoms with Crippen molar-refractivity contribution in [1.29, 1.82) is 0 Å². The number of rotatable bonds is 5. The molecular formula is C23H26FN3O2. The van der Waals surface area contributed by atoms with Crippen molar-refractivity contribution >= 4 is 11.8 Å². The van der Waals surface area contributed by atoms with Gasteiger partial charge in [-0.05, 0) is 35.9 Å². The molecule has 152 valence electrons. The molecule has 2 aliphatic heterocycles. The molecule has 2 amide bonds. The van der Waals surface area contributed by atoms with Crippen molar-refractivity contribution in [2.45, 2.75) is 25.9 Å². The number of carbonyl (C=O) groups is 2. The second-order valence-corrected chi connectivity index (χ2v) is 7.68. The lowest BCUT2D eigenvalue weighted by molar-refractivity contribution is -0.134. The molecule has 0 spiro atoms. The Morgan fingerprint density at radius 2 is 1.72 bits per heavy atom. The Morgan fingerprint density at radius 3 is 2.38 bits per heavy atom. The molecule has 1 saturated heterocycles. The number of fused-ring (bicyclic) bond motifs is 1. The van der Waals surface area contributed by atoms with Crippen LogP contribution < -0.4 is 0 Å². The van der Waals surface area contributed by atoms with E-state index in [-0.39, 0.29) is 24.1 Å².